The molecule has 2 aromatic rings. The van der Waals surface area contributed by atoms with Gasteiger partial charge in [-0.15, -0.1) is 10.2 Å². The van der Waals surface area contributed by atoms with E-state index in [1.807, 2.05) is 6.07 Å². The maximum atomic E-state index is 11.5. The number of carbonyl (C=O) groups excluding carboxylic acids is 1. The molecule has 2 aromatic heterocycles. The van der Waals surface area contributed by atoms with Crippen molar-refractivity contribution in [3.8, 4) is 5.82 Å². The molecule has 0 bridgehead atoms. The van der Waals surface area contributed by atoms with E-state index in [9.17, 15) is 4.79 Å². The summed E-state index contributed by atoms with van der Waals surface area (Å²) >= 11 is 0. The number of aromatic nitrogens is 4. The summed E-state index contributed by atoms with van der Waals surface area (Å²) in [5.41, 5.74) is 0.702. The lowest BCUT2D eigenvalue weighted by Crippen LogP contribution is -2.11. The molecule has 0 aliphatic carbocycles. The van der Waals surface area contributed by atoms with Crippen molar-refractivity contribution >= 4 is 11.6 Å². The first kappa shape index (κ1) is 12.2. The fourth-order valence-corrected chi connectivity index (χ4v) is 1.49. The van der Waals surface area contributed by atoms with Crippen LogP contribution < -0.4 is 5.32 Å². The predicted octanol–water partition coefficient (Wildman–Crippen LogP) is 1.79. The lowest BCUT2D eigenvalue weighted by molar-refractivity contribution is -0.116. The fourth-order valence-electron chi connectivity index (χ4n) is 1.49. The van der Waals surface area contributed by atoms with Crippen LogP contribution in [0.15, 0.2) is 31.0 Å². The molecule has 0 atom stereocenters. The van der Waals surface area contributed by atoms with Gasteiger partial charge in [0.05, 0.1) is 11.9 Å². The second-order valence-corrected chi connectivity index (χ2v) is 3.93. The van der Waals surface area contributed by atoms with Gasteiger partial charge >= 0.3 is 0 Å². The number of amides is 1. The van der Waals surface area contributed by atoms with Crippen molar-refractivity contribution in [3.05, 3.63) is 31.0 Å². The van der Waals surface area contributed by atoms with Crippen molar-refractivity contribution in [2.24, 2.45) is 0 Å². The van der Waals surface area contributed by atoms with Crippen LogP contribution in [0.5, 0.6) is 0 Å². The summed E-state index contributed by atoms with van der Waals surface area (Å²) in [6.07, 6.45) is 7.23. The minimum atomic E-state index is 0.0238. The Labute approximate surface area is 105 Å². The highest BCUT2D eigenvalue weighted by atomic mass is 16.1. The van der Waals surface area contributed by atoms with Crippen molar-refractivity contribution < 1.29 is 4.79 Å². The lowest BCUT2D eigenvalue weighted by Gasteiger charge is -2.05. The molecule has 0 unspecified atom stereocenters. The van der Waals surface area contributed by atoms with Crippen LogP contribution in [0, 0.1) is 0 Å². The molecule has 94 valence electrons. The summed E-state index contributed by atoms with van der Waals surface area (Å²) in [6, 6.07) is 3.62. The quantitative estimate of drug-likeness (QED) is 0.871. The molecule has 0 spiro atoms. The van der Waals surface area contributed by atoms with Gasteiger partial charge in [0.1, 0.15) is 18.5 Å². The maximum Gasteiger partial charge on any atom is 0.224 e. The Bertz CT molecular complexity index is 492. The van der Waals surface area contributed by atoms with E-state index in [4.69, 9.17) is 0 Å². The highest BCUT2D eigenvalue weighted by Gasteiger charge is 2.03. The molecular weight excluding hydrogens is 230 g/mol. The predicted molar refractivity (Wildman–Crippen MR) is 67.3 cm³/mol. The minimum Gasteiger partial charge on any atom is -0.325 e. The first-order chi connectivity index (χ1) is 8.79. The van der Waals surface area contributed by atoms with E-state index < -0.39 is 0 Å². The molecule has 6 heteroatoms. The summed E-state index contributed by atoms with van der Waals surface area (Å²) in [5, 5.41) is 10.2. The second kappa shape index (κ2) is 5.90. The van der Waals surface area contributed by atoms with E-state index in [0.29, 0.717) is 17.9 Å². The smallest absolute Gasteiger partial charge is 0.224 e. The van der Waals surface area contributed by atoms with Crippen molar-refractivity contribution in [2.45, 2.75) is 26.2 Å². The van der Waals surface area contributed by atoms with Gasteiger partial charge < -0.3 is 5.32 Å². The summed E-state index contributed by atoms with van der Waals surface area (Å²) in [6.45, 7) is 2.06. The average Bonchev–Trinajstić information content (AvgIpc) is 2.91. The van der Waals surface area contributed by atoms with Crippen LogP contribution >= 0.6 is 0 Å². The van der Waals surface area contributed by atoms with E-state index in [1.165, 1.54) is 0 Å². The van der Waals surface area contributed by atoms with Crippen LogP contribution in [0.4, 0.5) is 5.69 Å². The van der Waals surface area contributed by atoms with Gasteiger partial charge in [-0.3, -0.25) is 9.36 Å². The third-order valence-electron chi connectivity index (χ3n) is 2.47. The number of rotatable bonds is 5. The van der Waals surface area contributed by atoms with E-state index in [2.05, 4.69) is 27.4 Å². The molecule has 1 amide bonds. The fraction of sp³-hybridized carbons (Fsp3) is 0.333. The highest BCUT2D eigenvalue weighted by Crippen LogP contribution is 2.09. The normalized spacial score (nSPS) is 10.3. The number of nitrogens with one attached hydrogen (secondary N) is 1. The summed E-state index contributed by atoms with van der Waals surface area (Å²) in [7, 11) is 0. The number of nitrogens with zero attached hydrogens (tertiary/aromatic N) is 4. The SMILES string of the molecule is CCCCC(=O)Nc1ccc(-n2cnnc2)nc1. The molecule has 0 radical (unpaired) electrons. The molecule has 0 aliphatic heterocycles. The van der Waals surface area contributed by atoms with Gasteiger partial charge in [0.2, 0.25) is 5.91 Å². The monoisotopic (exact) mass is 245 g/mol. The number of pyridine rings is 1. The Kier molecular flexibility index (Phi) is 4.01. The van der Waals surface area contributed by atoms with E-state index in [0.717, 1.165) is 12.8 Å². The van der Waals surface area contributed by atoms with E-state index in [1.54, 1.807) is 29.5 Å². The largest absolute Gasteiger partial charge is 0.325 e. The van der Waals surface area contributed by atoms with Crippen LogP contribution in [0.3, 0.4) is 0 Å². The van der Waals surface area contributed by atoms with Gasteiger partial charge in [-0.2, -0.15) is 0 Å². The Hall–Kier alpha value is -2.24. The van der Waals surface area contributed by atoms with E-state index >= 15 is 0 Å². The molecule has 0 saturated carbocycles. The second-order valence-electron chi connectivity index (χ2n) is 3.93. The third-order valence-corrected chi connectivity index (χ3v) is 2.47. The molecule has 0 aliphatic rings. The summed E-state index contributed by atoms with van der Waals surface area (Å²) < 4.78 is 1.70. The van der Waals surface area contributed by atoms with Crippen molar-refractivity contribution in [3.63, 3.8) is 0 Å². The molecular formula is C12H15N5O. The van der Waals surface area contributed by atoms with E-state index in [-0.39, 0.29) is 5.91 Å². The van der Waals surface area contributed by atoms with Gasteiger partial charge in [-0.05, 0) is 18.6 Å². The lowest BCUT2D eigenvalue weighted by atomic mass is 10.2. The Balaban J connectivity index is 1.98. The van der Waals surface area contributed by atoms with Gasteiger partial charge in [0.15, 0.2) is 0 Å². The number of hydrogen-bond donors (Lipinski definition) is 1. The zero-order valence-electron chi connectivity index (χ0n) is 10.2. The van der Waals surface area contributed by atoms with Crippen LogP contribution in [0.2, 0.25) is 0 Å². The van der Waals surface area contributed by atoms with Crippen LogP contribution in [-0.4, -0.2) is 25.7 Å². The Morgan fingerprint density at radius 1 is 1.33 bits per heavy atom. The van der Waals surface area contributed by atoms with Gasteiger partial charge in [0.25, 0.3) is 0 Å². The van der Waals surface area contributed by atoms with Gasteiger partial charge in [0, 0.05) is 6.42 Å². The molecule has 2 rings (SSSR count). The molecule has 0 aromatic carbocycles. The van der Waals surface area contributed by atoms with Crippen LogP contribution in [0.25, 0.3) is 5.82 Å². The Morgan fingerprint density at radius 2 is 2.11 bits per heavy atom. The van der Waals surface area contributed by atoms with Gasteiger partial charge in [-0.1, -0.05) is 13.3 Å². The van der Waals surface area contributed by atoms with Crippen LogP contribution in [-0.2, 0) is 4.79 Å². The zero-order valence-corrected chi connectivity index (χ0v) is 10.2. The minimum absolute atomic E-state index is 0.0238. The topological polar surface area (TPSA) is 72.7 Å². The molecule has 0 saturated heterocycles. The molecule has 1 N–H and O–H groups in total. The molecule has 18 heavy (non-hydrogen) atoms. The standard InChI is InChI=1S/C12H15N5O/c1-2-3-4-12(18)16-10-5-6-11(13-7-10)17-8-14-15-9-17/h5-9H,2-4H2,1H3,(H,16,18). The number of unbranched alkanes of at least 4 members (excludes halogenated alkanes) is 1. The van der Waals surface area contributed by atoms with Crippen LogP contribution in [0.1, 0.15) is 26.2 Å². The summed E-state index contributed by atoms with van der Waals surface area (Å²) in [4.78, 5) is 15.7. The Morgan fingerprint density at radius 3 is 2.72 bits per heavy atom. The van der Waals surface area contributed by atoms with Crippen molar-refractivity contribution in [1.29, 1.82) is 0 Å². The maximum absolute atomic E-state index is 11.5. The van der Waals surface area contributed by atoms with Gasteiger partial charge in [-0.25, -0.2) is 4.98 Å². The third kappa shape index (κ3) is 3.13. The van der Waals surface area contributed by atoms with Crippen molar-refractivity contribution in [2.75, 3.05) is 5.32 Å². The number of anilines is 1. The van der Waals surface area contributed by atoms with Crippen molar-refractivity contribution in [1.82, 2.24) is 19.7 Å². The number of hydrogen-bond acceptors (Lipinski definition) is 4. The molecule has 0 fully saturated rings. The first-order valence-corrected chi connectivity index (χ1v) is 5.90. The number of carbonyl (C=O) groups is 1. The molecule has 2 heterocycles. The first-order valence-electron chi connectivity index (χ1n) is 5.90. The summed E-state index contributed by atoms with van der Waals surface area (Å²) in [5.74, 6) is 0.738. The molecule has 6 nitrogen and oxygen atoms in total. The zero-order chi connectivity index (χ0) is 12.8. The average molecular weight is 245 g/mol. The highest BCUT2D eigenvalue weighted by molar-refractivity contribution is 5.90.